The third kappa shape index (κ3) is 5.40. The van der Waals surface area contributed by atoms with Crippen LogP contribution >= 0.6 is 0 Å². The number of Topliss-reactive ketones (excluding diaryl/α,β-unsaturated/α-hetero) is 1. The lowest BCUT2D eigenvalue weighted by Gasteiger charge is -2.23. The molecule has 0 bridgehead atoms. The number of carbonyl (C=O) groups excluding carboxylic acids is 1. The van der Waals surface area contributed by atoms with E-state index in [-0.39, 0.29) is 10.7 Å². The van der Waals surface area contributed by atoms with Crippen molar-refractivity contribution in [2.45, 2.75) is 31.7 Å². The maximum absolute atomic E-state index is 13.3. The molecule has 0 saturated carbocycles. The Morgan fingerprint density at radius 1 is 0.871 bits per heavy atom. The number of hydrogen-bond donors (Lipinski definition) is 1. The normalized spacial score (nSPS) is 12.4. The summed E-state index contributed by atoms with van der Waals surface area (Å²) in [5.41, 5.74) is 3.04. The number of sulfonamides is 1. The first-order valence-electron chi connectivity index (χ1n) is 10.4. The highest BCUT2D eigenvalue weighted by molar-refractivity contribution is 7.89. The van der Waals surface area contributed by atoms with E-state index in [1.54, 1.807) is 48.5 Å². The highest BCUT2D eigenvalue weighted by Gasteiger charge is 2.28. The molecule has 0 aliphatic carbocycles. The minimum Gasteiger partial charge on any atom is -0.372 e. The van der Waals surface area contributed by atoms with E-state index < -0.39 is 16.1 Å². The molecule has 5 nitrogen and oxygen atoms in total. The highest BCUT2D eigenvalue weighted by atomic mass is 32.2. The summed E-state index contributed by atoms with van der Waals surface area (Å²) >= 11 is 0. The summed E-state index contributed by atoms with van der Waals surface area (Å²) in [6.45, 7) is 7.78. The summed E-state index contributed by atoms with van der Waals surface area (Å²) in [5.74, 6) is -0.299. The molecule has 0 amide bonds. The van der Waals surface area contributed by atoms with Gasteiger partial charge in [-0.2, -0.15) is 4.72 Å². The fourth-order valence-electron chi connectivity index (χ4n) is 3.45. The lowest BCUT2D eigenvalue weighted by Crippen LogP contribution is -2.34. The molecular weight excluding hydrogens is 408 g/mol. The standard InChI is InChI=1S/C25H28N2O3S/c1-4-27(5-2)22-15-13-20(14-16-22)24(25(28)21-9-7-6-8-10-21)26-31(29,30)23-17-11-19(3)12-18-23/h6-18,24,26H,4-5H2,1-3H3. The zero-order chi connectivity index (χ0) is 22.4. The Hall–Kier alpha value is -2.96. The van der Waals surface area contributed by atoms with Crippen molar-refractivity contribution in [3.8, 4) is 0 Å². The summed E-state index contributed by atoms with van der Waals surface area (Å²) < 4.78 is 28.7. The number of ketones is 1. The molecule has 1 N–H and O–H groups in total. The molecule has 0 fully saturated rings. The van der Waals surface area contributed by atoms with Gasteiger partial charge in [0, 0.05) is 24.3 Å². The maximum atomic E-state index is 13.3. The topological polar surface area (TPSA) is 66.5 Å². The zero-order valence-corrected chi connectivity index (χ0v) is 18.9. The van der Waals surface area contributed by atoms with Crippen LogP contribution < -0.4 is 9.62 Å². The van der Waals surface area contributed by atoms with Crippen molar-refractivity contribution in [3.05, 3.63) is 95.6 Å². The van der Waals surface area contributed by atoms with E-state index in [9.17, 15) is 13.2 Å². The van der Waals surface area contributed by atoms with Gasteiger partial charge in [0.2, 0.25) is 10.0 Å². The number of hydrogen-bond acceptors (Lipinski definition) is 4. The van der Waals surface area contributed by atoms with Crippen LogP contribution in [0.25, 0.3) is 0 Å². The van der Waals surface area contributed by atoms with E-state index in [2.05, 4.69) is 23.5 Å². The van der Waals surface area contributed by atoms with Crippen molar-refractivity contribution in [3.63, 3.8) is 0 Å². The van der Waals surface area contributed by atoms with Crippen LogP contribution in [0, 0.1) is 6.92 Å². The molecule has 1 unspecified atom stereocenters. The van der Waals surface area contributed by atoms with Crippen LogP contribution in [-0.4, -0.2) is 27.3 Å². The maximum Gasteiger partial charge on any atom is 0.241 e. The molecule has 0 aliphatic rings. The minimum absolute atomic E-state index is 0.128. The molecule has 0 radical (unpaired) electrons. The van der Waals surface area contributed by atoms with Crippen molar-refractivity contribution >= 4 is 21.5 Å². The molecule has 1 atom stereocenters. The van der Waals surface area contributed by atoms with Crippen molar-refractivity contribution in [1.29, 1.82) is 0 Å². The van der Waals surface area contributed by atoms with Gasteiger partial charge in [-0.3, -0.25) is 4.79 Å². The van der Waals surface area contributed by atoms with Gasteiger partial charge in [-0.1, -0.05) is 60.2 Å². The van der Waals surface area contributed by atoms with Gasteiger partial charge in [0.1, 0.15) is 6.04 Å². The summed E-state index contributed by atoms with van der Waals surface area (Å²) in [5, 5.41) is 0. The first-order valence-corrected chi connectivity index (χ1v) is 11.9. The molecule has 0 spiro atoms. The number of rotatable bonds is 9. The van der Waals surface area contributed by atoms with E-state index in [0.29, 0.717) is 11.1 Å². The smallest absolute Gasteiger partial charge is 0.241 e. The highest BCUT2D eigenvalue weighted by Crippen LogP contribution is 2.25. The van der Waals surface area contributed by atoms with Gasteiger partial charge in [-0.25, -0.2) is 8.42 Å². The Bertz CT molecular complexity index is 1110. The second-order valence-electron chi connectivity index (χ2n) is 7.36. The molecule has 6 heteroatoms. The monoisotopic (exact) mass is 436 g/mol. The third-order valence-electron chi connectivity index (χ3n) is 5.28. The summed E-state index contributed by atoms with van der Waals surface area (Å²) in [6.07, 6.45) is 0. The van der Waals surface area contributed by atoms with E-state index in [4.69, 9.17) is 0 Å². The van der Waals surface area contributed by atoms with Crippen LogP contribution in [0.15, 0.2) is 83.8 Å². The Morgan fingerprint density at radius 3 is 2.00 bits per heavy atom. The lowest BCUT2D eigenvalue weighted by atomic mass is 9.98. The van der Waals surface area contributed by atoms with Crippen LogP contribution in [0.2, 0.25) is 0 Å². The SMILES string of the molecule is CCN(CC)c1ccc(C(NS(=O)(=O)c2ccc(C)cc2)C(=O)c2ccccc2)cc1. The molecule has 0 aromatic heterocycles. The third-order valence-corrected chi connectivity index (χ3v) is 6.72. The molecule has 3 aromatic carbocycles. The Balaban J connectivity index is 1.99. The molecule has 3 rings (SSSR count). The molecular formula is C25H28N2O3S. The van der Waals surface area contributed by atoms with Crippen molar-refractivity contribution in [1.82, 2.24) is 4.72 Å². The van der Waals surface area contributed by atoms with Crippen LogP contribution in [-0.2, 0) is 10.0 Å². The van der Waals surface area contributed by atoms with Crippen molar-refractivity contribution in [2.24, 2.45) is 0 Å². The number of anilines is 1. The van der Waals surface area contributed by atoms with E-state index >= 15 is 0 Å². The van der Waals surface area contributed by atoms with Crippen molar-refractivity contribution < 1.29 is 13.2 Å². The summed E-state index contributed by atoms with van der Waals surface area (Å²) in [4.78, 5) is 15.6. The van der Waals surface area contributed by atoms with Crippen LogP contribution in [0.1, 0.15) is 41.4 Å². The van der Waals surface area contributed by atoms with Crippen LogP contribution in [0.4, 0.5) is 5.69 Å². The predicted molar refractivity (Wildman–Crippen MR) is 125 cm³/mol. The quantitative estimate of drug-likeness (QED) is 0.492. The van der Waals surface area contributed by atoms with E-state index in [0.717, 1.165) is 24.3 Å². The van der Waals surface area contributed by atoms with Gasteiger partial charge in [0.05, 0.1) is 4.90 Å². The Morgan fingerprint density at radius 2 is 1.45 bits per heavy atom. The fourth-order valence-corrected chi connectivity index (χ4v) is 4.63. The van der Waals surface area contributed by atoms with E-state index in [1.165, 1.54) is 0 Å². The van der Waals surface area contributed by atoms with Gasteiger partial charge in [-0.15, -0.1) is 0 Å². The summed E-state index contributed by atoms with van der Waals surface area (Å²) in [7, 11) is -3.89. The molecule has 162 valence electrons. The first kappa shape index (κ1) is 22.7. The Labute approximate surface area is 184 Å². The fraction of sp³-hybridized carbons (Fsp3) is 0.240. The van der Waals surface area contributed by atoms with Gasteiger partial charge in [0.15, 0.2) is 5.78 Å². The minimum atomic E-state index is -3.89. The lowest BCUT2D eigenvalue weighted by molar-refractivity contribution is 0.0953. The Kier molecular flexibility index (Phi) is 7.25. The number of nitrogens with one attached hydrogen (secondary N) is 1. The number of carbonyl (C=O) groups is 1. The number of nitrogens with zero attached hydrogens (tertiary/aromatic N) is 1. The van der Waals surface area contributed by atoms with Crippen LogP contribution in [0.3, 0.4) is 0 Å². The molecule has 31 heavy (non-hydrogen) atoms. The van der Waals surface area contributed by atoms with Gasteiger partial charge < -0.3 is 4.90 Å². The molecule has 0 saturated heterocycles. The second-order valence-corrected chi connectivity index (χ2v) is 9.08. The largest absolute Gasteiger partial charge is 0.372 e. The van der Waals surface area contributed by atoms with Gasteiger partial charge in [0.25, 0.3) is 0 Å². The average Bonchev–Trinajstić information content (AvgIpc) is 2.79. The number of aryl methyl sites for hydroxylation is 1. The molecule has 0 heterocycles. The predicted octanol–water partition coefficient (Wildman–Crippen LogP) is 4.74. The summed E-state index contributed by atoms with van der Waals surface area (Å²) in [6, 6.07) is 21.8. The van der Waals surface area contributed by atoms with Gasteiger partial charge >= 0.3 is 0 Å². The van der Waals surface area contributed by atoms with E-state index in [1.807, 2.05) is 37.3 Å². The molecule has 3 aromatic rings. The van der Waals surface area contributed by atoms with Crippen molar-refractivity contribution in [2.75, 3.05) is 18.0 Å². The van der Waals surface area contributed by atoms with Crippen LogP contribution in [0.5, 0.6) is 0 Å². The zero-order valence-electron chi connectivity index (χ0n) is 18.1. The van der Waals surface area contributed by atoms with Gasteiger partial charge in [-0.05, 0) is 50.6 Å². The first-order chi connectivity index (χ1) is 14.9. The molecule has 0 aliphatic heterocycles. The average molecular weight is 437 g/mol. The second kappa shape index (κ2) is 9.90. The number of benzene rings is 3.